The highest BCUT2D eigenvalue weighted by atomic mass is 127. The van der Waals surface area contributed by atoms with Crippen LogP contribution in [0.15, 0.2) is 36.4 Å². The maximum absolute atomic E-state index is 12.6. The number of carbonyl (C=O) groups is 1. The van der Waals surface area contributed by atoms with Crippen molar-refractivity contribution in [1.82, 2.24) is 0 Å². The molecule has 0 spiro atoms. The van der Waals surface area contributed by atoms with Crippen molar-refractivity contribution in [3.63, 3.8) is 0 Å². The highest BCUT2D eigenvalue weighted by Gasteiger charge is 2.15. The summed E-state index contributed by atoms with van der Waals surface area (Å²) in [6, 6.07) is 10.7. The van der Waals surface area contributed by atoms with Gasteiger partial charge in [-0.2, -0.15) is 0 Å². The van der Waals surface area contributed by atoms with Crippen molar-refractivity contribution >= 4 is 49.9 Å². The molecule has 0 unspecified atom stereocenters. The number of sulfonamides is 1. The lowest BCUT2D eigenvalue weighted by atomic mass is 10.1. The van der Waals surface area contributed by atoms with Crippen LogP contribution in [0.4, 0.5) is 11.4 Å². The second-order valence-corrected chi connectivity index (χ2v) is 8.71. The smallest absolute Gasteiger partial charge is 0.256 e. The second kappa shape index (κ2) is 8.18. The van der Waals surface area contributed by atoms with E-state index in [9.17, 15) is 13.2 Å². The third-order valence-corrected chi connectivity index (χ3v) is 6.67. The van der Waals surface area contributed by atoms with Crippen molar-refractivity contribution < 1.29 is 13.2 Å². The molecule has 0 atom stereocenters. The van der Waals surface area contributed by atoms with Gasteiger partial charge >= 0.3 is 0 Å². The molecule has 1 amide bonds. The topological polar surface area (TPSA) is 75.3 Å². The van der Waals surface area contributed by atoms with E-state index >= 15 is 0 Å². The van der Waals surface area contributed by atoms with E-state index in [0.717, 1.165) is 9.13 Å². The Bertz CT molecular complexity index is 895. The van der Waals surface area contributed by atoms with Gasteiger partial charge in [0.15, 0.2) is 0 Å². The molecule has 0 fully saturated rings. The van der Waals surface area contributed by atoms with Crippen LogP contribution in [0.2, 0.25) is 0 Å². The normalized spacial score (nSPS) is 11.2. The van der Waals surface area contributed by atoms with Gasteiger partial charge in [-0.1, -0.05) is 25.1 Å². The van der Waals surface area contributed by atoms with Crippen molar-refractivity contribution in [3.05, 3.63) is 56.7 Å². The highest BCUT2D eigenvalue weighted by molar-refractivity contribution is 14.1. The monoisotopic (exact) mass is 472 g/mol. The number of benzene rings is 2. The average molecular weight is 472 g/mol. The summed E-state index contributed by atoms with van der Waals surface area (Å²) in [5, 5.41) is 2.87. The first-order chi connectivity index (χ1) is 11.7. The summed E-state index contributed by atoms with van der Waals surface area (Å²) >= 11 is 2.15. The first-order valence-electron chi connectivity index (χ1n) is 7.91. The Hall–Kier alpha value is -1.61. The Balaban J connectivity index is 2.28. The molecule has 25 heavy (non-hydrogen) atoms. The van der Waals surface area contributed by atoms with E-state index in [1.807, 2.05) is 26.0 Å². The fourth-order valence-electron chi connectivity index (χ4n) is 2.38. The number of rotatable bonds is 6. The van der Waals surface area contributed by atoms with Crippen molar-refractivity contribution in [2.24, 2.45) is 0 Å². The number of hydrogen-bond acceptors (Lipinski definition) is 3. The van der Waals surface area contributed by atoms with Crippen molar-refractivity contribution in [3.8, 4) is 0 Å². The van der Waals surface area contributed by atoms with Gasteiger partial charge in [0.05, 0.1) is 17.0 Å². The second-order valence-electron chi connectivity index (χ2n) is 5.79. The summed E-state index contributed by atoms with van der Waals surface area (Å²) < 4.78 is 27.5. The van der Waals surface area contributed by atoms with Crippen molar-refractivity contribution in [2.75, 3.05) is 15.8 Å². The predicted molar refractivity (Wildman–Crippen MR) is 111 cm³/mol. The molecule has 0 saturated heterocycles. The lowest BCUT2D eigenvalue weighted by molar-refractivity contribution is 0.102. The number of nitrogens with one attached hydrogen (secondary N) is 2. The minimum atomic E-state index is -3.38. The lowest BCUT2D eigenvalue weighted by Gasteiger charge is -2.15. The van der Waals surface area contributed by atoms with E-state index in [1.54, 1.807) is 31.2 Å². The van der Waals surface area contributed by atoms with Gasteiger partial charge in [-0.15, -0.1) is 0 Å². The Labute approximate surface area is 162 Å². The first kappa shape index (κ1) is 19.7. The molecule has 0 aromatic heterocycles. The molecule has 0 radical (unpaired) electrons. The molecule has 2 aromatic rings. The minimum Gasteiger partial charge on any atom is -0.322 e. The Kier molecular flexibility index (Phi) is 6.45. The SMILES string of the molecule is CCCS(=O)(=O)Nc1cccc(NC(=O)c2cccc(C)c2I)c1C. The maximum Gasteiger partial charge on any atom is 0.256 e. The molecule has 2 N–H and O–H groups in total. The van der Waals surface area contributed by atoms with Crippen molar-refractivity contribution in [2.45, 2.75) is 27.2 Å². The zero-order valence-electron chi connectivity index (χ0n) is 14.4. The van der Waals surface area contributed by atoms with E-state index < -0.39 is 10.0 Å². The van der Waals surface area contributed by atoms with Gasteiger partial charge < -0.3 is 5.32 Å². The number of amides is 1. The molecule has 5 nitrogen and oxygen atoms in total. The van der Waals surface area contributed by atoms with Gasteiger partial charge in [0, 0.05) is 9.26 Å². The van der Waals surface area contributed by atoms with E-state index in [-0.39, 0.29) is 11.7 Å². The summed E-state index contributed by atoms with van der Waals surface area (Å²) in [6.45, 7) is 5.54. The molecule has 0 heterocycles. The predicted octanol–water partition coefficient (Wildman–Crippen LogP) is 4.31. The van der Waals surface area contributed by atoms with Gasteiger partial charge in [-0.25, -0.2) is 8.42 Å². The number of hydrogen-bond donors (Lipinski definition) is 2. The van der Waals surface area contributed by atoms with Crippen LogP contribution in [-0.2, 0) is 10.0 Å². The molecular weight excluding hydrogens is 451 g/mol. The van der Waals surface area contributed by atoms with E-state index in [4.69, 9.17) is 0 Å². The summed E-state index contributed by atoms with van der Waals surface area (Å²) in [4.78, 5) is 12.6. The van der Waals surface area contributed by atoms with Gasteiger partial charge in [0.2, 0.25) is 10.0 Å². The van der Waals surface area contributed by atoms with Crippen LogP contribution in [-0.4, -0.2) is 20.1 Å². The number of anilines is 2. The zero-order valence-corrected chi connectivity index (χ0v) is 17.4. The third-order valence-electron chi connectivity index (χ3n) is 3.76. The summed E-state index contributed by atoms with van der Waals surface area (Å²) in [6.07, 6.45) is 0.538. The van der Waals surface area contributed by atoms with Crippen LogP contribution in [0.25, 0.3) is 0 Å². The number of halogens is 1. The van der Waals surface area contributed by atoms with Gasteiger partial charge in [-0.3, -0.25) is 9.52 Å². The Morgan fingerprint density at radius 3 is 2.40 bits per heavy atom. The Morgan fingerprint density at radius 1 is 1.08 bits per heavy atom. The minimum absolute atomic E-state index is 0.0600. The largest absolute Gasteiger partial charge is 0.322 e. The average Bonchev–Trinajstić information content (AvgIpc) is 2.53. The Morgan fingerprint density at radius 2 is 1.72 bits per heavy atom. The van der Waals surface area contributed by atoms with Crippen molar-refractivity contribution in [1.29, 1.82) is 0 Å². The van der Waals surface area contributed by atoms with Crippen LogP contribution in [0.5, 0.6) is 0 Å². The zero-order chi connectivity index (χ0) is 18.6. The molecule has 0 bridgehead atoms. The summed E-state index contributed by atoms with van der Waals surface area (Å²) in [7, 11) is -3.38. The van der Waals surface area contributed by atoms with E-state index in [0.29, 0.717) is 28.9 Å². The molecule has 2 aromatic carbocycles. The van der Waals surface area contributed by atoms with Crippen LogP contribution in [0, 0.1) is 17.4 Å². The lowest BCUT2D eigenvalue weighted by Crippen LogP contribution is -2.18. The first-order valence-corrected chi connectivity index (χ1v) is 10.6. The molecular formula is C18H21IN2O3S. The molecule has 0 saturated carbocycles. The van der Waals surface area contributed by atoms with E-state index in [2.05, 4.69) is 32.6 Å². The van der Waals surface area contributed by atoms with Crippen LogP contribution < -0.4 is 10.0 Å². The highest BCUT2D eigenvalue weighted by Crippen LogP contribution is 2.26. The van der Waals surface area contributed by atoms with E-state index in [1.165, 1.54) is 0 Å². The molecule has 2 rings (SSSR count). The number of carbonyl (C=O) groups excluding carboxylic acids is 1. The van der Waals surface area contributed by atoms with Crippen LogP contribution >= 0.6 is 22.6 Å². The molecule has 0 aliphatic heterocycles. The standard InChI is InChI=1S/C18H21IN2O3S/c1-4-11-25(23,24)21-16-10-6-9-15(13(16)3)20-18(22)14-8-5-7-12(2)17(14)19/h5-10,21H,4,11H2,1-3H3,(H,20,22). The summed E-state index contributed by atoms with van der Waals surface area (Å²) in [5.41, 5.74) is 3.37. The fraction of sp³-hybridized carbons (Fsp3) is 0.278. The molecule has 7 heteroatoms. The number of aryl methyl sites for hydroxylation is 1. The third kappa shape index (κ3) is 4.94. The van der Waals surface area contributed by atoms with Crippen LogP contribution in [0.3, 0.4) is 0 Å². The molecule has 0 aliphatic rings. The van der Waals surface area contributed by atoms with Gasteiger partial charge in [-0.05, 0) is 72.2 Å². The molecule has 0 aliphatic carbocycles. The van der Waals surface area contributed by atoms with Crippen LogP contribution in [0.1, 0.15) is 34.8 Å². The molecule has 134 valence electrons. The maximum atomic E-state index is 12.6. The fourth-order valence-corrected chi connectivity index (χ4v) is 4.18. The van der Waals surface area contributed by atoms with Gasteiger partial charge in [0.25, 0.3) is 5.91 Å². The van der Waals surface area contributed by atoms with Gasteiger partial charge in [0.1, 0.15) is 0 Å². The summed E-state index contributed by atoms with van der Waals surface area (Å²) in [5.74, 6) is -0.158. The quantitative estimate of drug-likeness (QED) is 0.616.